The summed E-state index contributed by atoms with van der Waals surface area (Å²) in [6, 6.07) is 6.02. The number of carbonyl (C=O) groups is 1. The highest BCUT2D eigenvalue weighted by atomic mass is 35.5. The Labute approximate surface area is 148 Å². The Hall–Kier alpha value is -0.480. The topological polar surface area (TPSA) is 32.3 Å². The molecule has 2 rings (SSSR count). The van der Waals surface area contributed by atoms with Crippen molar-refractivity contribution in [3.63, 3.8) is 0 Å². The lowest BCUT2D eigenvalue weighted by molar-refractivity contribution is -0.134. The summed E-state index contributed by atoms with van der Waals surface area (Å²) >= 11 is 12.0. The Morgan fingerprint density at radius 2 is 2.09 bits per heavy atom. The number of carbonyl (C=O) groups excluding carboxylic acids is 1. The minimum absolute atomic E-state index is 0. The first-order chi connectivity index (χ1) is 9.97. The fourth-order valence-electron chi connectivity index (χ4n) is 2.65. The summed E-state index contributed by atoms with van der Waals surface area (Å²) in [5.41, 5.74) is 1.01. The molecule has 0 radical (unpaired) electrons. The van der Waals surface area contributed by atoms with Crippen LogP contribution in [0.25, 0.3) is 0 Å². The van der Waals surface area contributed by atoms with Gasteiger partial charge in [-0.3, -0.25) is 4.79 Å². The summed E-state index contributed by atoms with van der Waals surface area (Å²) in [5.74, 6) is 0.190. The molecule has 1 N–H and O–H groups in total. The van der Waals surface area contributed by atoms with Crippen LogP contribution in [0.2, 0.25) is 10.0 Å². The first-order valence-corrected chi connectivity index (χ1v) is 8.19. The van der Waals surface area contributed by atoms with Gasteiger partial charge >= 0.3 is 0 Å². The number of nitrogens with one attached hydrogen (secondary N) is 1. The molecule has 124 valence electrons. The number of benzene rings is 1. The van der Waals surface area contributed by atoms with Gasteiger partial charge in [0.1, 0.15) is 0 Å². The second-order valence-corrected chi connectivity index (χ2v) is 6.68. The molecule has 1 atom stereocenters. The fourth-order valence-corrected chi connectivity index (χ4v) is 2.97. The normalized spacial score (nSPS) is 17.4. The van der Waals surface area contributed by atoms with E-state index in [2.05, 4.69) is 5.32 Å². The van der Waals surface area contributed by atoms with Crippen LogP contribution in [0.5, 0.6) is 0 Å². The van der Waals surface area contributed by atoms with Gasteiger partial charge in [0.25, 0.3) is 0 Å². The van der Waals surface area contributed by atoms with E-state index in [-0.39, 0.29) is 24.4 Å². The largest absolute Gasteiger partial charge is 0.336 e. The van der Waals surface area contributed by atoms with Crippen molar-refractivity contribution in [3.8, 4) is 0 Å². The van der Waals surface area contributed by atoms with E-state index in [9.17, 15) is 4.79 Å². The molecule has 3 nitrogen and oxygen atoms in total. The Morgan fingerprint density at radius 1 is 1.36 bits per heavy atom. The van der Waals surface area contributed by atoms with Gasteiger partial charge < -0.3 is 10.2 Å². The molecule has 0 aromatic heterocycles. The third-order valence-corrected chi connectivity index (χ3v) is 4.60. The molecule has 1 saturated heterocycles. The maximum absolute atomic E-state index is 12.5. The van der Waals surface area contributed by atoms with Crippen LogP contribution < -0.4 is 5.32 Å². The van der Waals surface area contributed by atoms with Gasteiger partial charge in [-0.2, -0.15) is 0 Å². The van der Waals surface area contributed by atoms with Crippen LogP contribution in [0.4, 0.5) is 0 Å². The van der Waals surface area contributed by atoms with Crippen LogP contribution in [-0.4, -0.2) is 29.4 Å². The van der Waals surface area contributed by atoms with Crippen LogP contribution in [-0.2, 0) is 11.3 Å². The van der Waals surface area contributed by atoms with Crippen molar-refractivity contribution >= 4 is 41.5 Å². The summed E-state index contributed by atoms with van der Waals surface area (Å²) in [6.45, 7) is 5.67. The first kappa shape index (κ1) is 19.6. The molecule has 1 aromatic rings. The van der Waals surface area contributed by atoms with Crippen LogP contribution in [0, 0.1) is 0 Å². The van der Waals surface area contributed by atoms with Crippen molar-refractivity contribution in [2.24, 2.45) is 0 Å². The second-order valence-electron chi connectivity index (χ2n) is 5.86. The molecule has 1 fully saturated rings. The molecule has 1 aromatic carbocycles. The smallest absolute Gasteiger partial charge is 0.224 e. The van der Waals surface area contributed by atoms with Gasteiger partial charge in [-0.25, -0.2) is 0 Å². The molecular formula is C16H23Cl3N2O. The van der Waals surface area contributed by atoms with Crippen molar-refractivity contribution in [3.05, 3.63) is 33.8 Å². The average Bonchev–Trinajstić information content (AvgIpc) is 2.92. The molecular weight excluding hydrogens is 343 g/mol. The quantitative estimate of drug-likeness (QED) is 0.844. The third kappa shape index (κ3) is 5.31. The maximum Gasteiger partial charge on any atom is 0.224 e. The third-order valence-electron chi connectivity index (χ3n) is 3.86. The number of halogens is 3. The Morgan fingerprint density at radius 3 is 2.64 bits per heavy atom. The molecule has 0 spiro atoms. The molecule has 22 heavy (non-hydrogen) atoms. The summed E-state index contributed by atoms with van der Waals surface area (Å²) in [5, 5.41) is 4.45. The second kappa shape index (κ2) is 8.97. The lowest BCUT2D eigenvalue weighted by Crippen LogP contribution is -2.39. The van der Waals surface area contributed by atoms with Gasteiger partial charge in [0.15, 0.2) is 0 Å². The minimum Gasteiger partial charge on any atom is -0.336 e. The SMILES string of the molecule is CC(C)N(Cc1ccc(Cl)c(Cl)c1)C(=O)CC1CCCN1.Cl. The highest BCUT2D eigenvalue weighted by Crippen LogP contribution is 2.24. The summed E-state index contributed by atoms with van der Waals surface area (Å²) < 4.78 is 0. The van der Waals surface area contributed by atoms with E-state index in [4.69, 9.17) is 23.2 Å². The predicted octanol–water partition coefficient (Wildman–Crippen LogP) is 4.29. The number of hydrogen-bond donors (Lipinski definition) is 1. The standard InChI is InChI=1S/C16H22Cl2N2O.ClH/c1-11(2)20(16(21)9-13-4-3-7-19-13)10-12-5-6-14(17)15(18)8-12;/h5-6,8,11,13,19H,3-4,7,9-10H2,1-2H3;1H. The highest BCUT2D eigenvalue weighted by molar-refractivity contribution is 6.42. The van der Waals surface area contributed by atoms with Gasteiger partial charge in [-0.1, -0.05) is 29.3 Å². The van der Waals surface area contributed by atoms with Gasteiger partial charge in [0.05, 0.1) is 10.0 Å². The molecule has 0 bridgehead atoms. The van der Waals surface area contributed by atoms with Crippen molar-refractivity contribution in [2.75, 3.05) is 6.54 Å². The van der Waals surface area contributed by atoms with E-state index in [0.717, 1.165) is 24.9 Å². The lowest BCUT2D eigenvalue weighted by atomic mass is 10.1. The zero-order chi connectivity index (χ0) is 15.4. The summed E-state index contributed by atoms with van der Waals surface area (Å²) in [6.07, 6.45) is 2.82. The van der Waals surface area contributed by atoms with Crippen LogP contribution in [0.15, 0.2) is 18.2 Å². The van der Waals surface area contributed by atoms with Crippen LogP contribution >= 0.6 is 35.6 Å². The Bertz CT molecular complexity index is 502. The number of amides is 1. The highest BCUT2D eigenvalue weighted by Gasteiger charge is 2.23. The number of rotatable bonds is 5. The lowest BCUT2D eigenvalue weighted by Gasteiger charge is -2.28. The predicted molar refractivity (Wildman–Crippen MR) is 95.0 cm³/mol. The molecule has 1 heterocycles. The van der Waals surface area contributed by atoms with Gasteiger partial charge in [-0.05, 0) is 50.9 Å². The molecule has 1 amide bonds. The van der Waals surface area contributed by atoms with Crippen molar-refractivity contribution < 1.29 is 4.79 Å². The van der Waals surface area contributed by atoms with E-state index < -0.39 is 0 Å². The van der Waals surface area contributed by atoms with Crippen LogP contribution in [0.1, 0.15) is 38.7 Å². The molecule has 6 heteroatoms. The van der Waals surface area contributed by atoms with E-state index >= 15 is 0 Å². The van der Waals surface area contributed by atoms with Gasteiger partial charge in [0, 0.05) is 25.0 Å². The zero-order valence-corrected chi connectivity index (χ0v) is 15.3. The van der Waals surface area contributed by atoms with Gasteiger partial charge in [-0.15, -0.1) is 12.4 Å². The van der Waals surface area contributed by atoms with E-state index in [1.54, 1.807) is 6.07 Å². The number of hydrogen-bond acceptors (Lipinski definition) is 2. The number of nitrogens with zero attached hydrogens (tertiary/aromatic N) is 1. The average molecular weight is 366 g/mol. The van der Waals surface area contributed by atoms with E-state index in [1.807, 2.05) is 30.9 Å². The summed E-state index contributed by atoms with van der Waals surface area (Å²) in [4.78, 5) is 14.4. The summed E-state index contributed by atoms with van der Waals surface area (Å²) in [7, 11) is 0. The Kier molecular flexibility index (Phi) is 7.98. The molecule has 1 unspecified atom stereocenters. The van der Waals surface area contributed by atoms with E-state index in [1.165, 1.54) is 0 Å². The maximum atomic E-state index is 12.5. The molecule has 0 saturated carbocycles. The molecule has 1 aliphatic heterocycles. The van der Waals surface area contributed by atoms with Gasteiger partial charge in [0.2, 0.25) is 5.91 Å². The molecule has 1 aliphatic rings. The van der Waals surface area contributed by atoms with Crippen LogP contribution in [0.3, 0.4) is 0 Å². The van der Waals surface area contributed by atoms with Crippen molar-refractivity contribution in [2.45, 2.75) is 51.7 Å². The monoisotopic (exact) mass is 364 g/mol. The van der Waals surface area contributed by atoms with Crippen molar-refractivity contribution in [1.82, 2.24) is 10.2 Å². The van der Waals surface area contributed by atoms with Crippen molar-refractivity contribution in [1.29, 1.82) is 0 Å². The van der Waals surface area contributed by atoms with E-state index in [0.29, 0.717) is 29.1 Å². The fraction of sp³-hybridized carbons (Fsp3) is 0.562. The Balaban J connectivity index is 0.00000242. The minimum atomic E-state index is 0. The zero-order valence-electron chi connectivity index (χ0n) is 12.9. The first-order valence-electron chi connectivity index (χ1n) is 7.44. The molecule has 0 aliphatic carbocycles.